The highest BCUT2D eigenvalue weighted by atomic mass is 19.4. The molecular weight excluding hydrogens is 239 g/mol. The molecule has 0 bridgehead atoms. The first-order valence-electron chi connectivity index (χ1n) is 5.27. The Morgan fingerprint density at radius 1 is 1.29 bits per heavy atom. The molecule has 0 radical (unpaired) electrons. The molecule has 0 aliphatic rings. The first-order chi connectivity index (χ1) is 7.72. The third-order valence-corrected chi connectivity index (χ3v) is 2.14. The Morgan fingerprint density at radius 3 is 2.18 bits per heavy atom. The van der Waals surface area contributed by atoms with Gasteiger partial charge in [-0.15, -0.1) is 0 Å². The number of hydrogen-bond donors (Lipinski definition) is 0. The SMILES string of the molecule is CC[C@H](C)OC(=O)CN(CC)C(=O)C(F)(F)F. The lowest BCUT2D eigenvalue weighted by Gasteiger charge is -2.21. The van der Waals surface area contributed by atoms with Crippen LogP contribution in [0.25, 0.3) is 0 Å². The second-order valence-corrected chi connectivity index (χ2v) is 3.53. The summed E-state index contributed by atoms with van der Waals surface area (Å²) in [6.45, 7) is 3.88. The molecule has 0 heterocycles. The lowest BCUT2D eigenvalue weighted by atomic mass is 10.3. The monoisotopic (exact) mass is 255 g/mol. The fourth-order valence-corrected chi connectivity index (χ4v) is 1.01. The summed E-state index contributed by atoms with van der Waals surface area (Å²) >= 11 is 0. The van der Waals surface area contributed by atoms with Crippen LogP contribution in [-0.4, -0.2) is 42.1 Å². The van der Waals surface area contributed by atoms with Crippen LogP contribution in [0.1, 0.15) is 27.2 Å². The summed E-state index contributed by atoms with van der Waals surface area (Å²) in [4.78, 5) is 22.5. The van der Waals surface area contributed by atoms with Crippen LogP contribution in [0.3, 0.4) is 0 Å². The molecule has 4 nitrogen and oxygen atoms in total. The van der Waals surface area contributed by atoms with E-state index in [0.29, 0.717) is 11.3 Å². The highest BCUT2D eigenvalue weighted by Crippen LogP contribution is 2.18. The topological polar surface area (TPSA) is 46.6 Å². The predicted molar refractivity (Wildman–Crippen MR) is 54.2 cm³/mol. The molecule has 1 atom stereocenters. The van der Waals surface area contributed by atoms with E-state index in [1.54, 1.807) is 13.8 Å². The third kappa shape index (κ3) is 5.55. The quantitative estimate of drug-likeness (QED) is 0.703. The molecular formula is C10H16F3NO3. The summed E-state index contributed by atoms with van der Waals surface area (Å²) in [6.07, 6.45) is -4.78. The van der Waals surface area contributed by atoms with Crippen molar-refractivity contribution in [1.29, 1.82) is 0 Å². The van der Waals surface area contributed by atoms with Gasteiger partial charge in [-0.2, -0.15) is 13.2 Å². The zero-order valence-corrected chi connectivity index (χ0v) is 10.0. The van der Waals surface area contributed by atoms with Gasteiger partial charge in [-0.25, -0.2) is 0 Å². The van der Waals surface area contributed by atoms with Gasteiger partial charge < -0.3 is 9.64 Å². The Balaban J connectivity index is 4.41. The van der Waals surface area contributed by atoms with E-state index >= 15 is 0 Å². The maximum absolute atomic E-state index is 12.1. The molecule has 0 saturated heterocycles. The van der Waals surface area contributed by atoms with Crippen LogP contribution in [0.2, 0.25) is 0 Å². The van der Waals surface area contributed by atoms with Crippen LogP contribution in [-0.2, 0) is 14.3 Å². The van der Waals surface area contributed by atoms with Crippen molar-refractivity contribution >= 4 is 11.9 Å². The predicted octanol–water partition coefficient (Wildman–Crippen LogP) is 1.74. The van der Waals surface area contributed by atoms with Gasteiger partial charge in [-0.05, 0) is 20.3 Å². The Morgan fingerprint density at radius 2 is 1.82 bits per heavy atom. The van der Waals surface area contributed by atoms with Gasteiger partial charge >= 0.3 is 18.1 Å². The molecule has 0 aromatic rings. The number of ether oxygens (including phenoxy) is 1. The minimum absolute atomic E-state index is 0.200. The van der Waals surface area contributed by atoms with Crippen molar-refractivity contribution in [1.82, 2.24) is 4.90 Å². The standard InChI is InChI=1S/C10H16F3NO3/c1-4-7(3)17-8(15)6-14(5-2)9(16)10(11,12)13/h7H,4-6H2,1-3H3/t7-/m0/s1. The first kappa shape index (κ1) is 15.7. The van der Waals surface area contributed by atoms with Crippen LogP contribution < -0.4 is 0 Å². The van der Waals surface area contributed by atoms with E-state index in [-0.39, 0.29) is 12.6 Å². The lowest BCUT2D eigenvalue weighted by Crippen LogP contribution is -2.44. The molecule has 0 aromatic heterocycles. The van der Waals surface area contributed by atoms with E-state index in [1.165, 1.54) is 6.92 Å². The summed E-state index contributed by atoms with van der Waals surface area (Å²) < 4.78 is 41.2. The molecule has 0 spiro atoms. The number of esters is 1. The summed E-state index contributed by atoms with van der Waals surface area (Å²) in [5.74, 6) is -2.86. The van der Waals surface area contributed by atoms with Crippen LogP contribution in [0.4, 0.5) is 13.2 Å². The van der Waals surface area contributed by atoms with Crippen LogP contribution in [0, 0.1) is 0 Å². The Hall–Kier alpha value is -1.27. The number of hydrogen-bond acceptors (Lipinski definition) is 3. The minimum atomic E-state index is -4.97. The highest BCUT2D eigenvalue weighted by molar-refractivity contribution is 5.85. The molecule has 0 rings (SSSR count). The van der Waals surface area contributed by atoms with Crippen molar-refractivity contribution in [2.45, 2.75) is 39.5 Å². The molecule has 7 heteroatoms. The van der Waals surface area contributed by atoms with Crippen molar-refractivity contribution < 1.29 is 27.5 Å². The van der Waals surface area contributed by atoms with Gasteiger partial charge in [0, 0.05) is 6.54 Å². The summed E-state index contributed by atoms with van der Waals surface area (Å²) in [7, 11) is 0. The second kappa shape index (κ2) is 6.46. The maximum Gasteiger partial charge on any atom is 0.471 e. The zero-order valence-electron chi connectivity index (χ0n) is 10.0. The highest BCUT2D eigenvalue weighted by Gasteiger charge is 2.42. The maximum atomic E-state index is 12.1. The van der Waals surface area contributed by atoms with Crippen LogP contribution in [0.5, 0.6) is 0 Å². The molecule has 0 fully saturated rings. The van der Waals surface area contributed by atoms with Crippen molar-refractivity contribution in [2.24, 2.45) is 0 Å². The van der Waals surface area contributed by atoms with Gasteiger partial charge in [0.2, 0.25) is 0 Å². The molecule has 100 valence electrons. The smallest absolute Gasteiger partial charge is 0.461 e. The van der Waals surface area contributed by atoms with Crippen molar-refractivity contribution in [3.63, 3.8) is 0 Å². The molecule has 0 aliphatic heterocycles. The van der Waals surface area contributed by atoms with Crippen molar-refractivity contribution in [2.75, 3.05) is 13.1 Å². The Kier molecular flexibility index (Phi) is 5.98. The summed E-state index contributed by atoms with van der Waals surface area (Å²) in [6, 6.07) is 0. The average molecular weight is 255 g/mol. The molecule has 0 unspecified atom stereocenters. The average Bonchev–Trinajstić information content (AvgIpc) is 2.23. The molecule has 1 amide bonds. The Labute approximate surface area is 97.7 Å². The number of likely N-dealkylation sites (N-methyl/N-ethyl adjacent to an activating group) is 1. The number of carbonyl (C=O) groups excluding carboxylic acids is 2. The summed E-state index contributed by atoms with van der Waals surface area (Å²) in [5.41, 5.74) is 0. The number of halogens is 3. The van der Waals surface area contributed by atoms with Crippen LogP contribution >= 0.6 is 0 Å². The number of rotatable bonds is 5. The van der Waals surface area contributed by atoms with Gasteiger partial charge in [-0.1, -0.05) is 6.92 Å². The van der Waals surface area contributed by atoms with E-state index < -0.39 is 24.6 Å². The molecule has 0 aromatic carbocycles. The fraction of sp³-hybridized carbons (Fsp3) is 0.800. The minimum Gasteiger partial charge on any atom is -0.461 e. The van der Waals surface area contributed by atoms with E-state index in [0.717, 1.165) is 0 Å². The van der Waals surface area contributed by atoms with Crippen molar-refractivity contribution in [3.05, 3.63) is 0 Å². The fourth-order valence-electron chi connectivity index (χ4n) is 1.01. The van der Waals surface area contributed by atoms with Gasteiger partial charge in [0.1, 0.15) is 6.54 Å². The second-order valence-electron chi connectivity index (χ2n) is 3.53. The van der Waals surface area contributed by atoms with Gasteiger partial charge in [0.15, 0.2) is 0 Å². The summed E-state index contributed by atoms with van der Waals surface area (Å²) in [5, 5.41) is 0. The van der Waals surface area contributed by atoms with E-state index in [4.69, 9.17) is 4.74 Å². The van der Waals surface area contributed by atoms with Crippen molar-refractivity contribution in [3.8, 4) is 0 Å². The lowest BCUT2D eigenvalue weighted by molar-refractivity contribution is -0.187. The van der Waals surface area contributed by atoms with E-state index in [9.17, 15) is 22.8 Å². The van der Waals surface area contributed by atoms with Gasteiger partial charge in [0.05, 0.1) is 6.10 Å². The number of carbonyl (C=O) groups is 2. The molecule has 0 aliphatic carbocycles. The number of amides is 1. The van der Waals surface area contributed by atoms with Gasteiger partial charge in [0.25, 0.3) is 0 Å². The largest absolute Gasteiger partial charge is 0.471 e. The molecule has 17 heavy (non-hydrogen) atoms. The number of alkyl halides is 3. The van der Waals surface area contributed by atoms with E-state index in [2.05, 4.69) is 0 Å². The zero-order chi connectivity index (χ0) is 13.6. The first-order valence-corrected chi connectivity index (χ1v) is 5.27. The van der Waals surface area contributed by atoms with E-state index in [1.807, 2.05) is 0 Å². The Bertz CT molecular complexity index is 278. The van der Waals surface area contributed by atoms with Crippen LogP contribution in [0.15, 0.2) is 0 Å². The number of nitrogens with zero attached hydrogens (tertiary/aromatic N) is 1. The molecule has 0 N–H and O–H groups in total. The normalized spacial score (nSPS) is 13.1. The third-order valence-electron chi connectivity index (χ3n) is 2.14. The molecule has 0 saturated carbocycles. The van der Waals surface area contributed by atoms with Gasteiger partial charge in [-0.3, -0.25) is 9.59 Å².